The second kappa shape index (κ2) is 10.2. The monoisotopic (exact) mass is 558 g/mol. The van der Waals surface area contributed by atoms with Crippen molar-refractivity contribution in [1.29, 1.82) is 0 Å². The van der Waals surface area contributed by atoms with E-state index in [1.807, 2.05) is 13.0 Å². The lowest BCUT2D eigenvalue weighted by molar-refractivity contribution is -0.116. The number of fused-ring (bicyclic) bond motifs is 1. The van der Waals surface area contributed by atoms with E-state index in [9.17, 15) is 13.6 Å². The number of nitrogens with one attached hydrogen (secondary N) is 1. The van der Waals surface area contributed by atoms with Gasteiger partial charge in [-0.25, -0.2) is 18.4 Å². The molecule has 4 aromatic heterocycles. The Labute approximate surface area is 226 Å². The van der Waals surface area contributed by atoms with Crippen molar-refractivity contribution in [3.05, 3.63) is 80.9 Å². The fraction of sp³-hybridized carbons (Fsp3) is 0.231. The van der Waals surface area contributed by atoms with Crippen LogP contribution in [0.2, 0.25) is 10.0 Å². The number of hydrogen-bond acceptors (Lipinski definition) is 5. The first kappa shape index (κ1) is 25.9. The minimum Gasteiger partial charge on any atom is -0.463 e. The summed E-state index contributed by atoms with van der Waals surface area (Å²) < 4.78 is 36.3. The molecule has 0 radical (unpaired) electrons. The summed E-state index contributed by atoms with van der Waals surface area (Å²) in [7, 11) is 0. The molecule has 5 aromatic rings. The zero-order valence-electron chi connectivity index (χ0n) is 20.6. The zero-order valence-corrected chi connectivity index (χ0v) is 22.1. The number of rotatable bonds is 7. The number of nitrogens with zero attached hydrogens (tertiary/aromatic N) is 5. The van der Waals surface area contributed by atoms with Gasteiger partial charge in [0, 0.05) is 5.56 Å². The third-order valence-electron chi connectivity index (χ3n) is 6.17. The summed E-state index contributed by atoms with van der Waals surface area (Å²) >= 11 is 12.1. The van der Waals surface area contributed by atoms with Gasteiger partial charge < -0.3 is 9.73 Å². The maximum absolute atomic E-state index is 13.9. The molecule has 4 heterocycles. The molecule has 0 saturated heterocycles. The number of carbonyl (C=O) groups is 1. The van der Waals surface area contributed by atoms with Gasteiger partial charge in [0.2, 0.25) is 5.91 Å². The van der Waals surface area contributed by atoms with Crippen molar-refractivity contribution in [2.24, 2.45) is 0 Å². The van der Waals surface area contributed by atoms with Crippen LogP contribution in [0.15, 0.2) is 47.1 Å². The van der Waals surface area contributed by atoms with Crippen LogP contribution in [0.4, 0.5) is 14.5 Å². The Balaban J connectivity index is 1.42. The number of hydrogen-bond donors (Lipinski definition) is 1. The van der Waals surface area contributed by atoms with Gasteiger partial charge in [0.25, 0.3) is 6.43 Å². The van der Waals surface area contributed by atoms with Crippen LogP contribution in [0.1, 0.15) is 34.6 Å². The molecule has 0 aliphatic heterocycles. The fourth-order valence-electron chi connectivity index (χ4n) is 4.38. The van der Waals surface area contributed by atoms with Crippen LogP contribution in [-0.2, 0) is 17.9 Å². The van der Waals surface area contributed by atoms with Crippen molar-refractivity contribution >= 4 is 45.8 Å². The average molecular weight is 559 g/mol. The number of pyridine rings is 1. The Bertz CT molecular complexity index is 1660. The molecule has 0 aliphatic rings. The predicted molar refractivity (Wildman–Crippen MR) is 141 cm³/mol. The summed E-state index contributed by atoms with van der Waals surface area (Å²) in [6.07, 6.45) is -1.32. The Morgan fingerprint density at radius 3 is 2.50 bits per heavy atom. The van der Waals surface area contributed by atoms with Crippen LogP contribution in [-0.4, -0.2) is 30.5 Å². The smallest absolute Gasteiger partial charge is 0.264 e. The number of amides is 1. The number of carbonyl (C=O) groups excluding carboxylic acids is 1. The Morgan fingerprint density at radius 2 is 1.82 bits per heavy atom. The summed E-state index contributed by atoms with van der Waals surface area (Å²) in [5.74, 6) is -0.0669. The number of halogens is 4. The molecule has 5 rings (SSSR count). The highest BCUT2D eigenvalue weighted by Gasteiger charge is 2.23. The Hall–Kier alpha value is -3.76. The molecule has 0 bridgehead atoms. The van der Waals surface area contributed by atoms with Crippen LogP contribution in [0.5, 0.6) is 0 Å². The highest BCUT2D eigenvalue weighted by Crippen LogP contribution is 2.33. The molecule has 0 unspecified atom stereocenters. The lowest BCUT2D eigenvalue weighted by Gasteiger charge is -2.09. The van der Waals surface area contributed by atoms with E-state index in [2.05, 4.69) is 20.5 Å². The molecule has 0 aliphatic carbocycles. The van der Waals surface area contributed by atoms with Crippen LogP contribution in [0.3, 0.4) is 0 Å². The summed E-state index contributed by atoms with van der Waals surface area (Å²) in [4.78, 5) is 17.6. The van der Waals surface area contributed by atoms with Gasteiger partial charge in [0.15, 0.2) is 11.4 Å². The number of alkyl halides is 2. The molecule has 0 spiro atoms. The molecular weight excluding hydrogens is 537 g/mol. The molecule has 0 fully saturated rings. The van der Waals surface area contributed by atoms with E-state index in [0.717, 1.165) is 11.3 Å². The molecule has 1 amide bonds. The van der Waals surface area contributed by atoms with Crippen molar-refractivity contribution in [1.82, 2.24) is 24.5 Å². The topological polar surface area (TPSA) is 90.8 Å². The minimum absolute atomic E-state index is 0.172. The molecular formula is C26H22Cl2F2N6O2. The third kappa shape index (κ3) is 4.89. The quantitative estimate of drug-likeness (QED) is 0.238. The van der Waals surface area contributed by atoms with Crippen molar-refractivity contribution in [2.75, 3.05) is 5.32 Å². The van der Waals surface area contributed by atoms with Gasteiger partial charge in [-0.1, -0.05) is 29.3 Å². The van der Waals surface area contributed by atoms with Crippen molar-refractivity contribution < 1.29 is 18.0 Å². The number of benzene rings is 1. The van der Waals surface area contributed by atoms with E-state index in [0.29, 0.717) is 39.4 Å². The molecule has 0 saturated carbocycles. The lowest BCUT2D eigenvalue weighted by Crippen LogP contribution is -2.20. The minimum atomic E-state index is -2.76. The summed E-state index contributed by atoms with van der Waals surface area (Å²) in [5, 5.41) is 12.9. The summed E-state index contributed by atoms with van der Waals surface area (Å²) in [5.41, 5.74) is 3.34. The standard InChI is InChI=1S/C26H22Cl2F2N6O2/c1-13-23-17(25(29)30)10-20(21-5-4-8-38-21)31-26(23)36(33-13)12-22(37)32-24-14(2)34-35(15(24)3)11-16-6-7-18(27)19(28)9-16/h4-10,25H,11-12H2,1-3H3,(H,32,37). The molecule has 1 N–H and O–H groups in total. The molecule has 196 valence electrons. The maximum Gasteiger partial charge on any atom is 0.264 e. The van der Waals surface area contributed by atoms with Crippen molar-refractivity contribution in [3.63, 3.8) is 0 Å². The number of aromatic nitrogens is 5. The number of anilines is 1. The van der Waals surface area contributed by atoms with Gasteiger partial charge in [-0.05, 0) is 56.7 Å². The van der Waals surface area contributed by atoms with Crippen LogP contribution in [0.25, 0.3) is 22.5 Å². The number of aryl methyl sites for hydroxylation is 2. The first-order valence-corrected chi connectivity index (χ1v) is 12.4. The van der Waals surface area contributed by atoms with Gasteiger partial charge in [-0.3, -0.25) is 9.48 Å². The lowest BCUT2D eigenvalue weighted by atomic mass is 10.1. The summed E-state index contributed by atoms with van der Waals surface area (Å²) in [6.45, 7) is 5.43. The van der Waals surface area contributed by atoms with E-state index >= 15 is 0 Å². The van der Waals surface area contributed by atoms with Crippen LogP contribution >= 0.6 is 23.2 Å². The van der Waals surface area contributed by atoms with E-state index in [1.165, 1.54) is 17.0 Å². The largest absolute Gasteiger partial charge is 0.463 e. The van der Waals surface area contributed by atoms with Crippen LogP contribution < -0.4 is 5.32 Å². The van der Waals surface area contributed by atoms with Crippen molar-refractivity contribution in [2.45, 2.75) is 40.3 Å². The first-order chi connectivity index (χ1) is 18.1. The van der Waals surface area contributed by atoms with Gasteiger partial charge >= 0.3 is 0 Å². The van der Waals surface area contributed by atoms with E-state index < -0.39 is 12.3 Å². The molecule has 12 heteroatoms. The first-order valence-electron chi connectivity index (χ1n) is 11.6. The van der Waals surface area contributed by atoms with Gasteiger partial charge in [-0.2, -0.15) is 10.2 Å². The van der Waals surface area contributed by atoms with E-state index in [4.69, 9.17) is 27.6 Å². The van der Waals surface area contributed by atoms with E-state index in [1.54, 1.807) is 42.8 Å². The zero-order chi connectivity index (χ0) is 27.1. The molecule has 38 heavy (non-hydrogen) atoms. The fourth-order valence-corrected chi connectivity index (χ4v) is 4.70. The number of furan rings is 1. The SMILES string of the molecule is Cc1nn(Cc2ccc(Cl)c(Cl)c2)c(C)c1NC(=O)Cn1nc(C)c2c(C(F)F)cc(-c3ccco3)nc21. The summed E-state index contributed by atoms with van der Waals surface area (Å²) in [6, 6.07) is 9.90. The molecule has 1 aromatic carbocycles. The third-order valence-corrected chi connectivity index (χ3v) is 6.91. The Kier molecular flexibility index (Phi) is 6.93. The highest BCUT2D eigenvalue weighted by atomic mass is 35.5. The molecule has 8 nitrogen and oxygen atoms in total. The van der Waals surface area contributed by atoms with Gasteiger partial charge in [0.05, 0.1) is 51.0 Å². The van der Waals surface area contributed by atoms with Crippen LogP contribution in [0, 0.1) is 20.8 Å². The highest BCUT2D eigenvalue weighted by molar-refractivity contribution is 6.42. The second-order valence-corrected chi connectivity index (χ2v) is 9.63. The van der Waals surface area contributed by atoms with Gasteiger partial charge in [0.1, 0.15) is 12.2 Å². The average Bonchev–Trinajstić information content (AvgIpc) is 3.57. The van der Waals surface area contributed by atoms with Crippen molar-refractivity contribution in [3.8, 4) is 11.5 Å². The molecule has 0 atom stereocenters. The second-order valence-electron chi connectivity index (χ2n) is 8.82. The Morgan fingerprint density at radius 1 is 1.05 bits per heavy atom. The normalized spacial score (nSPS) is 11.6. The van der Waals surface area contributed by atoms with E-state index in [-0.39, 0.29) is 28.8 Å². The maximum atomic E-state index is 13.9. The van der Waals surface area contributed by atoms with Gasteiger partial charge in [-0.15, -0.1) is 0 Å². The predicted octanol–water partition coefficient (Wildman–Crippen LogP) is 6.74.